The monoisotopic (exact) mass is 434 g/mol. The summed E-state index contributed by atoms with van der Waals surface area (Å²) in [5.41, 5.74) is 1.02. The third-order valence-electron chi connectivity index (χ3n) is 4.60. The molecular formula is C20H23ClN4O3S. The van der Waals surface area contributed by atoms with Crippen LogP contribution in [0.25, 0.3) is 10.2 Å². The van der Waals surface area contributed by atoms with Crippen molar-refractivity contribution in [2.45, 2.75) is 13.8 Å². The number of para-hydroxylation sites is 1. The molecule has 1 amide bonds. The predicted molar refractivity (Wildman–Crippen MR) is 119 cm³/mol. The van der Waals surface area contributed by atoms with E-state index in [9.17, 15) is 14.9 Å². The first-order valence-corrected chi connectivity index (χ1v) is 9.99. The number of aromatic nitrogens is 1. The van der Waals surface area contributed by atoms with E-state index >= 15 is 0 Å². The molecule has 0 fully saturated rings. The molecule has 0 atom stereocenters. The van der Waals surface area contributed by atoms with Crippen LogP contribution in [0.2, 0.25) is 0 Å². The van der Waals surface area contributed by atoms with E-state index in [0.717, 1.165) is 23.3 Å². The maximum absolute atomic E-state index is 13.2. The molecule has 2 aromatic carbocycles. The Bertz CT molecular complexity index is 958. The van der Waals surface area contributed by atoms with Gasteiger partial charge < -0.3 is 4.90 Å². The molecule has 0 unspecified atom stereocenters. The minimum Gasteiger partial charge on any atom is -0.302 e. The molecule has 29 heavy (non-hydrogen) atoms. The van der Waals surface area contributed by atoms with E-state index in [2.05, 4.69) is 23.7 Å². The lowest BCUT2D eigenvalue weighted by atomic mass is 10.2. The molecule has 7 nitrogen and oxygen atoms in total. The Morgan fingerprint density at radius 3 is 2.48 bits per heavy atom. The van der Waals surface area contributed by atoms with E-state index in [1.165, 1.54) is 29.5 Å². The molecule has 154 valence electrons. The summed E-state index contributed by atoms with van der Waals surface area (Å²) in [5.74, 6) is -0.282. The molecule has 3 aromatic rings. The second-order valence-corrected chi connectivity index (χ2v) is 7.26. The number of carbonyl (C=O) groups is 1. The van der Waals surface area contributed by atoms with Gasteiger partial charge in [-0.3, -0.25) is 19.8 Å². The van der Waals surface area contributed by atoms with E-state index in [-0.39, 0.29) is 29.6 Å². The van der Waals surface area contributed by atoms with Crippen LogP contribution < -0.4 is 4.90 Å². The van der Waals surface area contributed by atoms with E-state index in [1.54, 1.807) is 11.0 Å². The summed E-state index contributed by atoms with van der Waals surface area (Å²) >= 11 is 1.45. The number of amides is 1. The van der Waals surface area contributed by atoms with Crippen molar-refractivity contribution in [3.8, 4) is 0 Å². The second kappa shape index (κ2) is 10.3. The van der Waals surface area contributed by atoms with E-state index in [0.29, 0.717) is 18.2 Å². The average Bonchev–Trinajstić information content (AvgIpc) is 3.14. The number of nitro groups is 1. The second-order valence-electron chi connectivity index (χ2n) is 6.26. The number of carbonyl (C=O) groups excluding carboxylic acids is 1. The summed E-state index contributed by atoms with van der Waals surface area (Å²) in [6, 6.07) is 13.6. The number of non-ortho nitro benzene ring substituents is 1. The smallest absolute Gasteiger partial charge is 0.270 e. The number of anilines is 1. The Kier molecular flexibility index (Phi) is 8.07. The number of rotatable bonds is 8. The van der Waals surface area contributed by atoms with Gasteiger partial charge in [0.25, 0.3) is 11.6 Å². The Morgan fingerprint density at radius 1 is 1.10 bits per heavy atom. The van der Waals surface area contributed by atoms with Crippen LogP contribution >= 0.6 is 23.7 Å². The number of halogens is 1. The Morgan fingerprint density at radius 2 is 1.83 bits per heavy atom. The standard InChI is InChI=1S/C20H22N4O3S.ClH/c1-3-22(4-2)12-13-23(20-21-17-10-5-6-11-18(17)28-20)19(25)15-8-7-9-16(14-15)24(26)27;/h5-11,14H,3-4,12-13H2,1-2H3;1H. The molecule has 0 spiro atoms. The van der Waals surface area contributed by atoms with Crippen molar-refractivity contribution >= 4 is 50.7 Å². The average molecular weight is 435 g/mol. The van der Waals surface area contributed by atoms with Crippen LogP contribution in [0.5, 0.6) is 0 Å². The van der Waals surface area contributed by atoms with Crippen molar-refractivity contribution in [1.29, 1.82) is 0 Å². The van der Waals surface area contributed by atoms with Gasteiger partial charge in [-0.1, -0.05) is 43.4 Å². The molecule has 0 aliphatic carbocycles. The molecule has 0 bridgehead atoms. The van der Waals surface area contributed by atoms with Gasteiger partial charge in [-0.05, 0) is 31.3 Å². The summed E-state index contributed by atoms with van der Waals surface area (Å²) in [6.45, 7) is 7.08. The van der Waals surface area contributed by atoms with Gasteiger partial charge in [0, 0.05) is 30.8 Å². The van der Waals surface area contributed by atoms with Gasteiger partial charge in [0.1, 0.15) is 0 Å². The molecule has 0 N–H and O–H groups in total. The molecule has 1 heterocycles. The number of likely N-dealkylation sites (N-methyl/N-ethyl adjacent to an activating group) is 1. The van der Waals surface area contributed by atoms with Gasteiger partial charge in [0.2, 0.25) is 0 Å². The highest BCUT2D eigenvalue weighted by Crippen LogP contribution is 2.30. The SMILES string of the molecule is CCN(CC)CCN(C(=O)c1cccc([N+](=O)[O-])c1)c1nc2ccccc2s1.Cl. The molecular weight excluding hydrogens is 412 g/mol. The molecule has 9 heteroatoms. The van der Waals surface area contributed by atoms with E-state index < -0.39 is 4.92 Å². The third-order valence-corrected chi connectivity index (χ3v) is 5.66. The van der Waals surface area contributed by atoms with Gasteiger partial charge in [0.15, 0.2) is 5.13 Å². The first-order chi connectivity index (χ1) is 13.5. The van der Waals surface area contributed by atoms with Crippen LogP contribution in [0.15, 0.2) is 48.5 Å². The van der Waals surface area contributed by atoms with Crippen molar-refractivity contribution in [2.75, 3.05) is 31.1 Å². The highest BCUT2D eigenvalue weighted by atomic mass is 35.5. The van der Waals surface area contributed by atoms with Crippen molar-refractivity contribution in [3.63, 3.8) is 0 Å². The lowest BCUT2D eigenvalue weighted by Gasteiger charge is -2.24. The predicted octanol–water partition coefficient (Wildman–Crippen LogP) is 4.61. The van der Waals surface area contributed by atoms with Gasteiger partial charge in [-0.15, -0.1) is 12.4 Å². The van der Waals surface area contributed by atoms with Crippen molar-refractivity contribution < 1.29 is 9.72 Å². The first kappa shape index (κ1) is 22.7. The van der Waals surface area contributed by atoms with Crippen LogP contribution in [-0.4, -0.2) is 46.9 Å². The minimum absolute atomic E-state index is 0. The summed E-state index contributed by atoms with van der Waals surface area (Å²) < 4.78 is 0.997. The van der Waals surface area contributed by atoms with Crippen LogP contribution in [0.4, 0.5) is 10.8 Å². The van der Waals surface area contributed by atoms with Crippen LogP contribution in [-0.2, 0) is 0 Å². The zero-order valence-corrected chi connectivity index (χ0v) is 17.9. The topological polar surface area (TPSA) is 79.6 Å². The van der Waals surface area contributed by atoms with Crippen LogP contribution in [0.3, 0.4) is 0 Å². The fourth-order valence-corrected chi connectivity index (χ4v) is 3.94. The maximum Gasteiger partial charge on any atom is 0.270 e. The molecule has 0 aliphatic heterocycles. The zero-order chi connectivity index (χ0) is 20.1. The summed E-state index contributed by atoms with van der Waals surface area (Å²) in [7, 11) is 0. The van der Waals surface area contributed by atoms with Crippen molar-refractivity contribution in [1.82, 2.24) is 9.88 Å². The molecule has 0 aliphatic rings. The van der Waals surface area contributed by atoms with Gasteiger partial charge >= 0.3 is 0 Å². The van der Waals surface area contributed by atoms with E-state index in [1.807, 2.05) is 24.3 Å². The first-order valence-electron chi connectivity index (χ1n) is 9.17. The molecule has 3 rings (SSSR count). The fraction of sp³-hybridized carbons (Fsp3) is 0.300. The van der Waals surface area contributed by atoms with Crippen LogP contribution in [0.1, 0.15) is 24.2 Å². The normalized spacial score (nSPS) is 10.7. The number of benzene rings is 2. The number of nitro benzene ring substituents is 1. The molecule has 0 radical (unpaired) electrons. The number of fused-ring (bicyclic) bond motifs is 1. The molecule has 1 aromatic heterocycles. The number of hydrogen-bond donors (Lipinski definition) is 0. The van der Waals surface area contributed by atoms with E-state index in [4.69, 9.17) is 0 Å². The zero-order valence-electron chi connectivity index (χ0n) is 16.3. The Labute approximate surface area is 179 Å². The summed E-state index contributed by atoms with van der Waals surface area (Å²) in [5, 5.41) is 11.7. The summed E-state index contributed by atoms with van der Waals surface area (Å²) in [4.78, 5) is 32.3. The summed E-state index contributed by atoms with van der Waals surface area (Å²) in [6.07, 6.45) is 0. The lowest BCUT2D eigenvalue weighted by Crippen LogP contribution is -2.38. The lowest BCUT2D eigenvalue weighted by molar-refractivity contribution is -0.384. The van der Waals surface area contributed by atoms with Crippen molar-refractivity contribution in [2.24, 2.45) is 0 Å². The number of thiazole rings is 1. The van der Waals surface area contributed by atoms with Crippen molar-refractivity contribution in [3.05, 3.63) is 64.2 Å². The third kappa shape index (κ3) is 5.29. The Hall–Kier alpha value is -2.55. The molecule has 0 saturated heterocycles. The molecule has 0 saturated carbocycles. The van der Waals surface area contributed by atoms with Gasteiger partial charge in [0.05, 0.1) is 15.1 Å². The number of hydrogen-bond acceptors (Lipinski definition) is 6. The Balaban J connectivity index is 0.00000300. The quantitative estimate of drug-likeness (QED) is 0.382. The van der Waals surface area contributed by atoms with Crippen LogP contribution in [0, 0.1) is 10.1 Å². The van der Waals surface area contributed by atoms with Gasteiger partial charge in [-0.25, -0.2) is 4.98 Å². The minimum atomic E-state index is -0.491. The maximum atomic E-state index is 13.2. The number of nitrogens with zero attached hydrogens (tertiary/aromatic N) is 4. The largest absolute Gasteiger partial charge is 0.302 e. The highest BCUT2D eigenvalue weighted by molar-refractivity contribution is 7.22. The fourth-order valence-electron chi connectivity index (χ4n) is 2.95. The highest BCUT2D eigenvalue weighted by Gasteiger charge is 2.23. The van der Waals surface area contributed by atoms with Gasteiger partial charge in [-0.2, -0.15) is 0 Å².